The van der Waals surface area contributed by atoms with E-state index in [2.05, 4.69) is 10.0 Å². The summed E-state index contributed by atoms with van der Waals surface area (Å²) in [6.07, 6.45) is 4.98. The first kappa shape index (κ1) is 22.9. The van der Waals surface area contributed by atoms with Crippen molar-refractivity contribution in [3.05, 3.63) is 52.0 Å². The number of ether oxygens (including phenoxy) is 1. The van der Waals surface area contributed by atoms with Gasteiger partial charge in [-0.05, 0) is 61.7 Å². The minimum absolute atomic E-state index is 0.0105. The number of halogens is 2. The Balaban J connectivity index is 1.60. The third-order valence-corrected chi connectivity index (χ3v) is 6.84. The predicted molar refractivity (Wildman–Crippen MR) is 119 cm³/mol. The highest BCUT2D eigenvalue weighted by molar-refractivity contribution is 7.89. The molecule has 2 aromatic carbocycles. The molecular weight excluding hydrogens is 447 g/mol. The molecule has 3 rings (SSSR count). The minimum atomic E-state index is -3.59. The van der Waals surface area contributed by atoms with E-state index in [1.807, 2.05) is 0 Å². The minimum Gasteiger partial charge on any atom is -0.483 e. The maximum absolute atomic E-state index is 12.7. The molecule has 0 aromatic heterocycles. The van der Waals surface area contributed by atoms with Crippen LogP contribution in [0.1, 0.15) is 37.7 Å². The molecule has 1 amide bonds. The van der Waals surface area contributed by atoms with E-state index < -0.39 is 10.0 Å². The Kier molecular flexibility index (Phi) is 7.63. The number of amides is 1. The second kappa shape index (κ2) is 10.0. The van der Waals surface area contributed by atoms with Crippen LogP contribution in [0.5, 0.6) is 5.75 Å². The molecule has 0 atom stereocenters. The molecule has 2 N–H and O–H groups in total. The van der Waals surface area contributed by atoms with Crippen molar-refractivity contribution in [2.24, 2.45) is 0 Å². The van der Waals surface area contributed by atoms with Gasteiger partial charge in [0.2, 0.25) is 10.0 Å². The van der Waals surface area contributed by atoms with Gasteiger partial charge in [-0.3, -0.25) is 4.79 Å². The largest absolute Gasteiger partial charge is 0.483 e. The van der Waals surface area contributed by atoms with Gasteiger partial charge in [-0.2, -0.15) is 0 Å². The first-order valence-electron chi connectivity index (χ1n) is 9.75. The summed E-state index contributed by atoms with van der Waals surface area (Å²) in [6, 6.07) is 9.32. The SMILES string of the molecule is Cc1cc(S(=O)(=O)NC2CCCCC2)ccc1OCC(=O)Nc1cc(Cl)cc(Cl)c1. The lowest BCUT2D eigenvalue weighted by molar-refractivity contribution is -0.118. The van der Waals surface area contributed by atoms with Gasteiger partial charge in [-0.1, -0.05) is 42.5 Å². The van der Waals surface area contributed by atoms with E-state index >= 15 is 0 Å². The second-order valence-corrected chi connectivity index (χ2v) is 9.97. The van der Waals surface area contributed by atoms with Crippen molar-refractivity contribution in [3.63, 3.8) is 0 Å². The van der Waals surface area contributed by atoms with Crippen molar-refractivity contribution in [1.82, 2.24) is 4.72 Å². The normalized spacial score (nSPS) is 15.0. The Morgan fingerprint density at radius 2 is 1.73 bits per heavy atom. The van der Waals surface area contributed by atoms with E-state index in [0.717, 1.165) is 32.1 Å². The van der Waals surface area contributed by atoms with Crippen LogP contribution in [0.3, 0.4) is 0 Å². The molecule has 0 heterocycles. The Labute approximate surface area is 187 Å². The third kappa shape index (κ3) is 6.35. The number of aryl methyl sites for hydroxylation is 1. The molecule has 0 bridgehead atoms. The number of benzene rings is 2. The van der Waals surface area contributed by atoms with Gasteiger partial charge in [-0.25, -0.2) is 13.1 Å². The molecule has 2 aromatic rings. The molecule has 0 radical (unpaired) electrons. The van der Waals surface area contributed by atoms with Gasteiger partial charge in [-0.15, -0.1) is 0 Å². The predicted octanol–water partition coefficient (Wildman–Crippen LogP) is 4.93. The van der Waals surface area contributed by atoms with Crippen molar-refractivity contribution in [2.45, 2.75) is 50.0 Å². The van der Waals surface area contributed by atoms with Crippen LogP contribution in [0.25, 0.3) is 0 Å². The number of rotatable bonds is 7. The molecule has 1 aliphatic rings. The van der Waals surface area contributed by atoms with Crippen molar-refractivity contribution >= 4 is 44.8 Å². The highest BCUT2D eigenvalue weighted by Crippen LogP contribution is 2.25. The van der Waals surface area contributed by atoms with E-state index in [1.54, 1.807) is 37.3 Å². The van der Waals surface area contributed by atoms with E-state index in [4.69, 9.17) is 27.9 Å². The van der Waals surface area contributed by atoms with Crippen molar-refractivity contribution in [3.8, 4) is 5.75 Å². The molecular formula is C21H24Cl2N2O4S. The van der Waals surface area contributed by atoms with Crippen LogP contribution < -0.4 is 14.8 Å². The summed E-state index contributed by atoms with van der Waals surface area (Å²) in [7, 11) is -3.59. The number of anilines is 1. The van der Waals surface area contributed by atoms with Gasteiger partial charge in [0.25, 0.3) is 5.91 Å². The number of hydrogen-bond donors (Lipinski definition) is 2. The quantitative estimate of drug-likeness (QED) is 0.600. The number of carbonyl (C=O) groups is 1. The maximum Gasteiger partial charge on any atom is 0.262 e. The van der Waals surface area contributed by atoms with Gasteiger partial charge >= 0.3 is 0 Å². The molecule has 30 heavy (non-hydrogen) atoms. The standard InChI is InChI=1S/C21H24Cl2N2O4S/c1-14-9-19(30(27,28)25-17-5-3-2-4-6-17)7-8-20(14)29-13-21(26)24-18-11-15(22)10-16(23)12-18/h7-12,17,25H,2-6,13H2,1H3,(H,24,26). The van der Waals surface area contributed by atoms with E-state index in [9.17, 15) is 13.2 Å². The zero-order chi connectivity index (χ0) is 21.7. The molecule has 0 spiro atoms. The van der Waals surface area contributed by atoms with Crippen molar-refractivity contribution < 1.29 is 17.9 Å². The molecule has 1 aliphatic carbocycles. The van der Waals surface area contributed by atoms with Crippen LogP contribution in [0.4, 0.5) is 5.69 Å². The maximum atomic E-state index is 12.7. The van der Waals surface area contributed by atoms with Crippen LogP contribution >= 0.6 is 23.2 Å². The molecule has 162 valence electrons. The Morgan fingerprint density at radius 3 is 2.37 bits per heavy atom. The summed E-state index contributed by atoms with van der Waals surface area (Å²) in [6.45, 7) is 1.50. The summed E-state index contributed by atoms with van der Waals surface area (Å²) < 4.78 is 33.6. The Bertz CT molecular complexity index is 1000. The fourth-order valence-corrected chi connectivity index (χ4v) is 5.34. The molecule has 9 heteroatoms. The molecule has 1 saturated carbocycles. The molecule has 0 aliphatic heterocycles. The molecule has 6 nitrogen and oxygen atoms in total. The van der Waals surface area contributed by atoms with Crippen LogP contribution in [0.2, 0.25) is 10.0 Å². The van der Waals surface area contributed by atoms with Gasteiger partial charge in [0, 0.05) is 21.8 Å². The summed E-state index contributed by atoms with van der Waals surface area (Å²) in [4.78, 5) is 12.3. The topological polar surface area (TPSA) is 84.5 Å². The van der Waals surface area contributed by atoms with Gasteiger partial charge in [0.15, 0.2) is 6.61 Å². The lowest BCUT2D eigenvalue weighted by atomic mass is 9.96. The highest BCUT2D eigenvalue weighted by Gasteiger charge is 2.22. The van der Waals surface area contributed by atoms with E-state index in [0.29, 0.717) is 27.0 Å². The zero-order valence-corrected chi connectivity index (χ0v) is 18.9. The summed E-state index contributed by atoms with van der Waals surface area (Å²) in [5.41, 5.74) is 1.09. The van der Waals surface area contributed by atoms with Gasteiger partial charge < -0.3 is 10.1 Å². The fourth-order valence-electron chi connectivity index (χ4n) is 3.43. The second-order valence-electron chi connectivity index (χ2n) is 7.38. The van der Waals surface area contributed by atoms with Crippen LogP contribution in [0, 0.1) is 6.92 Å². The summed E-state index contributed by atoms with van der Waals surface area (Å²) in [5.74, 6) is 0.0503. The molecule has 0 saturated heterocycles. The van der Waals surface area contributed by atoms with E-state index in [1.165, 1.54) is 6.07 Å². The summed E-state index contributed by atoms with van der Waals surface area (Å²) >= 11 is 11.8. The van der Waals surface area contributed by atoms with Gasteiger partial charge in [0.1, 0.15) is 5.75 Å². The Hall–Kier alpha value is -1.80. The van der Waals surface area contributed by atoms with Crippen LogP contribution in [-0.2, 0) is 14.8 Å². The van der Waals surface area contributed by atoms with Gasteiger partial charge in [0.05, 0.1) is 4.90 Å². The highest BCUT2D eigenvalue weighted by atomic mass is 35.5. The molecule has 0 unspecified atom stereocenters. The number of carbonyl (C=O) groups excluding carboxylic acids is 1. The van der Waals surface area contributed by atoms with Crippen molar-refractivity contribution in [1.29, 1.82) is 0 Å². The monoisotopic (exact) mass is 470 g/mol. The Morgan fingerprint density at radius 1 is 1.07 bits per heavy atom. The first-order valence-corrected chi connectivity index (χ1v) is 12.0. The smallest absolute Gasteiger partial charge is 0.262 e. The number of sulfonamides is 1. The van der Waals surface area contributed by atoms with Crippen LogP contribution in [-0.4, -0.2) is 27.0 Å². The van der Waals surface area contributed by atoms with Crippen molar-refractivity contribution in [2.75, 3.05) is 11.9 Å². The lowest BCUT2D eigenvalue weighted by Crippen LogP contribution is -2.36. The third-order valence-electron chi connectivity index (χ3n) is 4.89. The number of nitrogens with one attached hydrogen (secondary N) is 2. The average Bonchev–Trinajstić information content (AvgIpc) is 2.66. The van der Waals surface area contributed by atoms with Crippen LogP contribution in [0.15, 0.2) is 41.3 Å². The first-order chi connectivity index (χ1) is 14.2. The summed E-state index contributed by atoms with van der Waals surface area (Å²) in [5, 5.41) is 3.48. The van der Waals surface area contributed by atoms with E-state index in [-0.39, 0.29) is 23.5 Å². The average molecular weight is 471 g/mol. The number of hydrogen-bond acceptors (Lipinski definition) is 4. The fraction of sp³-hybridized carbons (Fsp3) is 0.381. The zero-order valence-electron chi connectivity index (χ0n) is 16.6. The lowest BCUT2D eigenvalue weighted by Gasteiger charge is -2.22. The molecule has 1 fully saturated rings.